The van der Waals surface area contributed by atoms with Crippen LogP contribution < -0.4 is 35.2 Å². The third-order valence-electron chi connectivity index (χ3n) is 11.3. The van der Waals surface area contributed by atoms with Gasteiger partial charge < -0.3 is 44.4 Å². The van der Waals surface area contributed by atoms with E-state index in [1.54, 1.807) is 48.7 Å². The van der Waals surface area contributed by atoms with E-state index in [9.17, 15) is 19.2 Å². The SMILES string of the molecule is CNCC(C)(C)CCC(=O)c1nc(NC(=O)c2cc(-c3ccc(NC(=O)CCCOc4cc5c(cc4OC)C(=O)N4c6ccccc6C[C@H]4CN5C)cc3)cn2C)cn1C. The Morgan fingerprint density at radius 3 is 2.40 bits per heavy atom. The molecule has 14 heteroatoms. The molecule has 14 nitrogen and oxygen atoms in total. The first-order chi connectivity index (χ1) is 28.7. The number of benzene rings is 3. The molecule has 2 aliphatic rings. The number of methoxy groups -OCH3 is 1. The van der Waals surface area contributed by atoms with Crippen LogP contribution in [0.4, 0.5) is 22.9 Å². The maximum absolute atomic E-state index is 13.9. The van der Waals surface area contributed by atoms with Crippen LogP contribution in [-0.4, -0.2) is 84.6 Å². The summed E-state index contributed by atoms with van der Waals surface area (Å²) in [6.45, 7) is 5.99. The molecule has 7 rings (SSSR count). The number of ketones is 1. The fraction of sp³-hybridized carbons (Fsp3) is 0.370. The van der Waals surface area contributed by atoms with Gasteiger partial charge in [-0.15, -0.1) is 0 Å². The number of ether oxygens (including phenoxy) is 2. The van der Waals surface area contributed by atoms with Gasteiger partial charge in [0.15, 0.2) is 28.9 Å². The van der Waals surface area contributed by atoms with Crippen LogP contribution in [0.1, 0.15) is 76.6 Å². The van der Waals surface area contributed by atoms with Gasteiger partial charge in [0, 0.05) is 75.9 Å². The average molecular weight is 815 g/mol. The number of hydrogen-bond donors (Lipinski definition) is 3. The topological polar surface area (TPSA) is 152 Å². The Kier molecular flexibility index (Phi) is 12.1. The van der Waals surface area contributed by atoms with Crippen molar-refractivity contribution >= 4 is 46.4 Å². The molecular weight excluding hydrogens is 761 g/mol. The number of para-hydroxylation sites is 1. The molecule has 3 amide bonds. The predicted molar refractivity (Wildman–Crippen MR) is 234 cm³/mol. The molecule has 3 N–H and O–H groups in total. The summed E-state index contributed by atoms with van der Waals surface area (Å²) in [7, 11) is 8.98. The van der Waals surface area contributed by atoms with Crippen LogP contribution in [0.15, 0.2) is 79.1 Å². The lowest BCUT2D eigenvalue weighted by atomic mass is 9.87. The van der Waals surface area contributed by atoms with Crippen molar-refractivity contribution in [2.24, 2.45) is 19.5 Å². The first-order valence-corrected chi connectivity index (χ1v) is 20.3. The first-order valence-electron chi connectivity index (χ1n) is 20.3. The normalized spacial score (nSPS) is 14.6. The molecule has 1 atom stereocenters. The zero-order valence-corrected chi connectivity index (χ0v) is 35.4. The Balaban J connectivity index is 0.905. The standard InChI is InChI=1S/C46H54N8O6/c1-46(2,28-47-3)19-18-38(55)43-49-41(27-53(43)6)50-44(57)37-22-31(25-51(37)4)29-14-16-32(17-15-29)48-42(56)13-10-20-60-40-24-36-34(23-39(40)59-7)45(58)54-33(26-52(36)5)21-30-11-8-9-12-35(30)54/h8-9,11-12,14-17,22-25,27,33,47H,10,13,18-21,26,28H2,1-7H3,(H,48,56)(H,50,57)/t33-/m0/s1. The number of fused-ring (bicyclic) bond motifs is 4. The molecular formula is C46H54N8O6. The van der Waals surface area contributed by atoms with E-state index in [4.69, 9.17) is 9.47 Å². The quantitative estimate of drug-likeness (QED) is 0.0729. The van der Waals surface area contributed by atoms with E-state index in [2.05, 4.69) is 45.7 Å². The summed E-state index contributed by atoms with van der Waals surface area (Å²) in [5, 5.41) is 8.95. The lowest BCUT2D eigenvalue weighted by molar-refractivity contribution is -0.116. The molecule has 2 aliphatic heterocycles. The summed E-state index contributed by atoms with van der Waals surface area (Å²) >= 11 is 0. The predicted octanol–water partition coefficient (Wildman–Crippen LogP) is 6.71. The number of aryl methyl sites for hydroxylation is 2. The number of carbonyl (C=O) groups is 4. The Bertz CT molecular complexity index is 2420. The fourth-order valence-corrected chi connectivity index (χ4v) is 8.16. The number of amides is 3. The van der Waals surface area contributed by atoms with Gasteiger partial charge in [-0.05, 0) is 79.7 Å². The minimum absolute atomic E-state index is 0.0292. The van der Waals surface area contributed by atoms with Gasteiger partial charge in [-0.1, -0.05) is 44.2 Å². The third-order valence-corrected chi connectivity index (χ3v) is 11.3. The summed E-state index contributed by atoms with van der Waals surface area (Å²) in [5.74, 6) is 0.960. The smallest absolute Gasteiger partial charge is 0.273 e. The van der Waals surface area contributed by atoms with Gasteiger partial charge in [-0.2, -0.15) is 0 Å². The monoisotopic (exact) mass is 814 g/mol. The van der Waals surface area contributed by atoms with E-state index < -0.39 is 0 Å². The van der Waals surface area contributed by atoms with Crippen molar-refractivity contribution in [3.8, 4) is 22.6 Å². The van der Waals surface area contributed by atoms with Crippen LogP contribution in [0, 0.1) is 5.41 Å². The Morgan fingerprint density at radius 2 is 1.65 bits per heavy atom. The van der Waals surface area contributed by atoms with Crippen molar-refractivity contribution in [3.63, 3.8) is 0 Å². The van der Waals surface area contributed by atoms with E-state index in [1.807, 2.05) is 73.7 Å². The molecule has 2 aromatic heterocycles. The van der Waals surface area contributed by atoms with Crippen molar-refractivity contribution in [1.29, 1.82) is 0 Å². The van der Waals surface area contributed by atoms with E-state index in [0.29, 0.717) is 65.9 Å². The maximum atomic E-state index is 13.9. The molecule has 0 bridgehead atoms. The Morgan fingerprint density at radius 1 is 0.883 bits per heavy atom. The lowest BCUT2D eigenvalue weighted by Gasteiger charge is -2.25. The molecule has 0 spiro atoms. The molecule has 0 aliphatic carbocycles. The lowest BCUT2D eigenvalue weighted by Crippen LogP contribution is -2.41. The number of Topliss-reactive ketones (excluding diaryl/α,β-unsaturated/α-hetero) is 1. The number of carbonyl (C=O) groups excluding carboxylic acids is 4. The second-order valence-electron chi connectivity index (χ2n) is 16.5. The number of rotatable bonds is 16. The molecule has 0 saturated carbocycles. The second kappa shape index (κ2) is 17.4. The number of likely N-dealkylation sites (N-methyl/N-ethyl adjacent to an activating group) is 1. The van der Waals surface area contributed by atoms with Gasteiger partial charge in [0.25, 0.3) is 11.8 Å². The summed E-state index contributed by atoms with van der Waals surface area (Å²) in [5.41, 5.74) is 6.21. The van der Waals surface area contributed by atoms with E-state index in [1.165, 1.54) is 5.56 Å². The highest BCUT2D eigenvalue weighted by Gasteiger charge is 2.39. The summed E-state index contributed by atoms with van der Waals surface area (Å²) in [6.07, 6.45) is 6.08. The van der Waals surface area contributed by atoms with E-state index in [-0.39, 0.29) is 48.0 Å². The number of nitrogens with one attached hydrogen (secondary N) is 3. The van der Waals surface area contributed by atoms with Gasteiger partial charge in [0.1, 0.15) is 5.69 Å². The van der Waals surface area contributed by atoms with Crippen molar-refractivity contribution in [3.05, 3.63) is 102 Å². The third kappa shape index (κ3) is 8.93. The van der Waals surface area contributed by atoms with Gasteiger partial charge >= 0.3 is 0 Å². The number of anilines is 4. The highest BCUT2D eigenvalue weighted by molar-refractivity contribution is 6.12. The molecule has 5 aromatic rings. The minimum Gasteiger partial charge on any atom is -0.493 e. The summed E-state index contributed by atoms with van der Waals surface area (Å²) < 4.78 is 15.2. The Hall–Kier alpha value is -6.41. The van der Waals surface area contributed by atoms with Crippen LogP contribution in [-0.2, 0) is 25.3 Å². The fourth-order valence-electron chi connectivity index (χ4n) is 8.16. The minimum atomic E-state index is -0.349. The van der Waals surface area contributed by atoms with Crippen molar-refractivity contribution in [2.75, 3.05) is 61.3 Å². The molecule has 60 heavy (non-hydrogen) atoms. The maximum Gasteiger partial charge on any atom is 0.273 e. The zero-order chi connectivity index (χ0) is 42.7. The molecule has 0 unspecified atom stereocenters. The van der Waals surface area contributed by atoms with Gasteiger partial charge in [-0.25, -0.2) is 4.98 Å². The number of imidazole rings is 1. The number of hydrogen-bond acceptors (Lipinski definition) is 9. The number of nitrogens with zero attached hydrogens (tertiary/aromatic N) is 5. The van der Waals surface area contributed by atoms with Crippen LogP contribution >= 0.6 is 0 Å². The van der Waals surface area contributed by atoms with Crippen LogP contribution in [0.2, 0.25) is 0 Å². The van der Waals surface area contributed by atoms with Crippen molar-refractivity contribution < 1.29 is 28.7 Å². The van der Waals surface area contributed by atoms with Crippen LogP contribution in [0.25, 0.3) is 11.1 Å². The summed E-state index contributed by atoms with van der Waals surface area (Å²) in [6, 6.07) is 20.9. The highest BCUT2D eigenvalue weighted by Crippen LogP contribution is 2.42. The van der Waals surface area contributed by atoms with Crippen molar-refractivity contribution in [1.82, 2.24) is 19.4 Å². The van der Waals surface area contributed by atoms with E-state index >= 15 is 0 Å². The van der Waals surface area contributed by atoms with Crippen LogP contribution in [0.3, 0.4) is 0 Å². The van der Waals surface area contributed by atoms with Crippen molar-refractivity contribution in [2.45, 2.75) is 52.0 Å². The molecule has 0 fully saturated rings. The Labute approximate surface area is 350 Å². The molecule has 0 radical (unpaired) electrons. The zero-order valence-electron chi connectivity index (χ0n) is 35.4. The molecule has 3 aromatic carbocycles. The average Bonchev–Trinajstić information content (AvgIpc) is 3.90. The van der Waals surface area contributed by atoms with Gasteiger partial charge in [0.2, 0.25) is 5.91 Å². The largest absolute Gasteiger partial charge is 0.493 e. The van der Waals surface area contributed by atoms with Gasteiger partial charge in [-0.3, -0.25) is 19.2 Å². The van der Waals surface area contributed by atoms with Gasteiger partial charge in [0.05, 0.1) is 31.0 Å². The highest BCUT2D eigenvalue weighted by atomic mass is 16.5. The first kappa shape index (κ1) is 41.7. The molecule has 314 valence electrons. The molecule has 0 saturated heterocycles. The van der Waals surface area contributed by atoms with E-state index in [0.717, 1.165) is 35.5 Å². The van der Waals surface area contributed by atoms with Crippen LogP contribution in [0.5, 0.6) is 11.5 Å². The molecule has 4 heterocycles. The second-order valence-corrected chi connectivity index (χ2v) is 16.5. The summed E-state index contributed by atoms with van der Waals surface area (Å²) in [4.78, 5) is 61.5. The number of aromatic nitrogens is 3.